The number of sulfonamides is 2. The molecule has 7 nitrogen and oxygen atoms in total. The van der Waals surface area contributed by atoms with Crippen LogP contribution in [0.15, 0.2) is 83.1 Å². The molecule has 0 aliphatic carbocycles. The second kappa shape index (κ2) is 9.29. The standard InChI is InChI=1S/C24H24N2O5S2/c1-31-22-10-12-23(13-11-22)33(29,30)26-16-5-8-20-18-21(9-14-24(20)26)25-32(27,28)17-15-19-6-3-2-4-7-19/h2-4,6-7,9-15,17-18,25H,5,8,16H2,1H3/b17-15+. The Balaban J connectivity index is 1.57. The monoisotopic (exact) mass is 484 g/mol. The Bertz CT molecular complexity index is 1370. The summed E-state index contributed by atoms with van der Waals surface area (Å²) in [4.78, 5) is 0.173. The lowest BCUT2D eigenvalue weighted by Crippen LogP contribution is -2.35. The molecule has 0 saturated heterocycles. The van der Waals surface area contributed by atoms with E-state index in [0.717, 1.165) is 16.5 Å². The van der Waals surface area contributed by atoms with Crippen molar-refractivity contribution in [1.29, 1.82) is 0 Å². The van der Waals surface area contributed by atoms with Gasteiger partial charge in [-0.15, -0.1) is 0 Å². The number of nitrogens with one attached hydrogen (secondary N) is 1. The van der Waals surface area contributed by atoms with E-state index in [0.29, 0.717) is 36.5 Å². The molecule has 3 aromatic rings. The Morgan fingerprint density at radius 2 is 1.67 bits per heavy atom. The summed E-state index contributed by atoms with van der Waals surface area (Å²) in [6.45, 7) is 0.353. The number of aryl methyl sites for hydroxylation is 1. The first-order valence-corrected chi connectivity index (χ1v) is 13.3. The number of anilines is 2. The highest BCUT2D eigenvalue weighted by atomic mass is 32.2. The van der Waals surface area contributed by atoms with E-state index in [1.54, 1.807) is 30.3 Å². The Morgan fingerprint density at radius 3 is 2.36 bits per heavy atom. The number of hydrogen-bond donors (Lipinski definition) is 1. The van der Waals surface area contributed by atoms with Crippen LogP contribution in [0.4, 0.5) is 11.4 Å². The fourth-order valence-electron chi connectivity index (χ4n) is 3.68. The molecule has 0 saturated carbocycles. The smallest absolute Gasteiger partial charge is 0.264 e. The highest BCUT2D eigenvalue weighted by Crippen LogP contribution is 2.34. The van der Waals surface area contributed by atoms with Crippen molar-refractivity contribution in [2.75, 3.05) is 22.7 Å². The molecule has 0 amide bonds. The van der Waals surface area contributed by atoms with Gasteiger partial charge in [0.1, 0.15) is 5.75 Å². The average Bonchev–Trinajstić information content (AvgIpc) is 2.82. The molecule has 0 fully saturated rings. The number of ether oxygens (including phenoxy) is 1. The van der Waals surface area contributed by atoms with Crippen molar-refractivity contribution in [3.8, 4) is 5.75 Å². The maximum absolute atomic E-state index is 13.2. The lowest BCUT2D eigenvalue weighted by Gasteiger charge is -2.31. The highest BCUT2D eigenvalue weighted by Gasteiger charge is 2.29. The van der Waals surface area contributed by atoms with Gasteiger partial charge in [0, 0.05) is 12.2 Å². The number of hydrogen-bond acceptors (Lipinski definition) is 5. The van der Waals surface area contributed by atoms with E-state index >= 15 is 0 Å². The van der Waals surface area contributed by atoms with Crippen molar-refractivity contribution in [2.45, 2.75) is 17.7 Å². The third-order valence-corrected chi connectivity index (χ3v) is 8.14. The van der Waals surface area contributed by atoms with Crippen molar-refractivity contribution in [3.63, 3.8) is 0 Å². The van der Waals surface area contributed by atoms with Crippen molar-refractivity contribution >= 4 is 37.5 Å². The molecule has 4 rings (SSSR count). The zero-order valence-corrected chi connectivity index (χ0v) is 19.6. The van der Waals surface area contributed by atoms with Gasteiger partial charge in [-0.05, 0) is 72.5 Å². The molecule has 33 heavy (non-hydrogen) atoms. The minimum atomic E-state index is -3.76. The predicted octanol–water partition coefficient (Wildman–Crippen LogP) is 4.25. The van der Waals surface area contributed by atoms with Gasteiger partial charge in [0.25, 0.3) is 20.0 Å². The van der Waals surface area contributed by atoms with Crippen LogP contribution < -0.4 is 13.8 Å². The van der Waals surface area contributed by atoms with E-state index in [1.807, 2.05) is 30.3 Å². The van der Waals surface area contributed by atoms with Crippen LogP contribution in [-0.4, -0.2) is 30.5 Å². The Hall–Kier alpha value is -3.30. The van der Waals surface area contributed by atoms with Gasteiger partial charge in [-0.25, -0.2) is 16.8 Å². The second-order valence-corrected chi connectivity index (χ2v) is 11.0. The summed E-state index contributed by atoms with van der Waals surface area (Å²) in [5.41, 5.74) is 2.48. The quantitative estimate of drug-likeness (QED) is 0.541. The first-order valence-electron chi connectivity index (χ1n) is 10.3. The fraction of sp³-hybridized carbons (Fsp3) is 0.167. The normalized spacial score (nSPS) is 14.2. The summed E-state index contributed by atoms with van der Waals surface area (Å²) < 4.78 is 60.5. The number of benzene rings is 3. The largest absolute Gasteiger partial charge is 0.497 e. The van der Waals surface area contributed by atoms with Gasteiger partial charge in [-0.2, -0.15) is 0 Å². The fourth-order valence-corrected chi connectivity index (χ4v) is 6.08. The number of methoxy groups -OCH3 is 1. The molecule has 0 unspecified atom stereocenters. The van der Waals surface area contributed by atoms with E-state index in [4.69, 9.17) is 4.74 Å². The number of rotatable bonds is 7. The first-order chi connectivity index (χ1) is 15.8. The van der Waals surface area contributed by atoms with Crippen LogP contribution in [0.3, 0.4) is 0 Å². The van der Waals surface area contributed by atoms with Crippen molar-refractivity contribution in [3.05, 3.63) is 89.3 Å². The zero-order chi connectivity index (χ0) is 23.5. The summed E-state index contributed by atoms with van der Waals surface area (Å²) in [6, 6.07) is 20.3. The maximum Gasteiger partial charge on any atom is 0.264 e. The molecular formula is C24H24N2O5S2. The van der Waals surface area contributed by atoms with Crippen LogP contribution in [0.5, 0.6) is 5.75 Å². The summed E-state index contributed by atoms with van der Waals surface area (Å²) in [5.74, 6) is 0.575. The molecule has 172 valence electrons. The van der Waals surface area contributed by atoms with Crippen LogP contribution in [-0.2, 0) is 26.5 Å². The molecule has 1 heterocycles. The van der Waals surface area contributed by atoms with Gasteiger partial charge in [0.15, 0.2) is 0 Å². The third-order valence-electron chi connectivity index (χ3n) is 5.30. The molecule has 3 aromatic carbocycles. The van der Waals surface area contributed by atoms with Gasteiger partial charge in [0.05, 0.1) is 23.1 Å². The van der Waals surface area contributed by atoms with Gasteiger partial charge in [-0.1, -0.05) is 30.3 Å². The highest BCUT2D eigenvalue weighted by molar-refractivity contribution is 7.95. The van der Waals surface area contributed by atoms with E-state index in [-0.39, 0.29) is 4.90 Å². The maximum atomic E-state index is 13.2. The van der Waals surface area contributed by atoms with Crippen molar-refractivity contribution in [1.82, 2.24) is 0 Å². The van der Waals surface area contributed by atoms with Crippen LogP contribution in [0.1, 0.15) is 17.5 Å². The topological polar surface area (TPSA) is 92.8 Å². The van der Waals surface area contributed by atoms with E-state index < -0.39 is 20.0 Å². The summed E-state index contributed by atoms with van der Waals surface area (Å²) in [6.07, 6.45) is 2.80. The third kappa shape index (κ3) is 5.20. The molecule has 9 heteroatoms. The Morgan fingerprint density at radius 1 is 0.939 bits per heavy atom. The number of fused-ring (bicyclic) bond motifs is 1. The van der Waals surface area contributed by atoms with E-state index in [9.17, 15) is 16.8 Å². The van der Waals surface area contributed by atoms with Crippen LogP contribution in [0.2, 0.25) is 0 Å². The van der Waals surface area contributed by atoms with Crippen molar-refractivity contribution in [2.24, 2.45) is 0 Å². The molecular weight excluding hydrogens is 460 g/mol. The minimum absolute atomic E-state index is 0.173. The molecule has 0 spiro atoms. The zero-order valence-electron chi connectivity index (χ0n) is 18.0. The van der Waals surface area contributed by atoms with Crippen LogP contribution in [0, 0.1) is 0 Å². The second-order valence-electron chi connectivity index (χ2n) is 7.56. The SMILES string of the molecule is COc1ccc(S(=O)(=O)N2CCCc3cc(NS(=O)(=O)/C=C/c4ccccc4)ccc32)cc1. The summed E-state index contributed by atoms with van der Waals surface area (Å²) >= 11 is 0. The van der Waals surface area contributed by atoms with E-state index in [1.165, 1.54) is 29.6 Å². The minimum Gasteiger partial charge on any atom is -0.497 e. The first kappa shape index (κ1) is 22.9. The predicted molar refractivity (Wildman–Crippen MR) is 130 cm³/mol. The lowest BCUT2D eigenvalue weighted by atomic mass is 10.0. The summed E-state index contributed by atoms with van der Waals surface area (Å²) in [5, 5.41) is 1.11. The molecule has 1 N–H and O–H groups in total. The molecule has 0 radical (unpaired) electrons. The van der Waals surface area contributed by atoms with E-state index in [2.05, 4.69) is 4.72 Å². The molecule has 0 atom stereocenters. The lowest BCUT2D eigenvalue weighted by molar-refractivity contribution is 0.414. The van der Waals surface area contributed by atoms with Gasteiger partial charge >= 0.3 is 0 Å². The Labute approximate surface area is 194 Å². The van der Waals surface area contributed by atoms with Crippen LogP contribution >= 0.6 is 0 Å². The summed E-state index contributed by atoms with van der Waals surface area (Å²) in [7, 11) is -5.96. The van der Waals surface area contributed by atoms with Gasteiger partial charge < -0.3 is 4.74 Å². The van der Waals surface area contributed by atoms with Crippen molar-refractivity contribution < 1.29 is 21.6 Å². The molecule has 0 bridgehead atoms. The average molecular weight is 485 g/mol. The molecule has 1 aliphatic heterocycles. The number of nitrogens with zero attached hydrogens (tertiary/aromatic N) is 1. The van der Waals surface area contributed by atoms with Crippen LogP contribution in [0.25, 0.3) is 6.08 Å². The molecule has 1 aliphatic rings. The Kier molecular flexibility index (Phi) is 6.44. The molecule has 0 aromatic heterocycles. The van der Waals surface area contributed by atoms with Gasteiger partial charge in [-0.3, -0.25) is 9.03 Å². The van der Waals surface area contributed by atoms with Gasteiger partial charge in [0.2, 0.25) is 0 Å².